The van der Waals surface area contributed by atoms with Crippen LogP contribution in [0.15, 0.2) is 55.3 Å². The van der Waals surface area contributed by atoms with Crippen molar-refractivity contribution >= 4 is 92.8 Å². The van der Waals surface area contributed by atoms with Gasteiger partial charge < -0.3 is 36.3 Å². The molecule has 0 spiro atoms. The second kappa shape index (κ2) is 13.3. The Morgan fingerprint density at radius 3 is 2.68 bits per heavy atom. The molecule has 1 fully saturated rings. The summed E-state index contributed by atoms with van der Waals surface area (Å²) in [5.41, 5.74) is 3.86. The lowest BCUT2D eigenvalue weighted by Crippen LogP contribution is -2.71. The molecule has 4 heterocycles. The van der Waals surface area contributed by atoms with Crippen LogP contribution in [0, 0.1) is 0 Å². The molecule has 0 saturated carbocycles. The second-order valence-corrected chi connectivity index (χ2v) is 13.9. The number of thioether (sulfide) groups is 3. The minimum absolute atomic E-state index is 0.0515. The van der Waals surface area contributed by atoms with Gasteiger partial charge in [-0.15, -0.1) is 40.0 Å². The third-order valence-corrected chi connectivity index (χ3v) is 10.8. The molecule has 2 aliphatic heterocycles. The van der Waals surface area contributed by atoms with Crippen molar-refractivity contribution in [2.24, 2.45) is 5.16 Å². The number of aromatic nitrogens is 3. The standard InChI is InChI=1S/C23H19N7O9S5/c24-23-26-10(7-42-23)14(28-39-22(21(37)38)43-9-1-2-11(31)12(32)3-9)17(33)27-15-18(34)30-16(20(35)36)8(6-41-19(15)30)5-40-13-4-25-29-44-13/h1-4,7,15,19,22,31-32H,5-6H2,(H2,24,26)(H,27,33)(H,35,36)(H,37,38)/b28-14-/t15-,19+,22-/m1/s1. The first-order chi connectivity index (χ1) is 21.0. The van der Waals surface area contributed by atoms with Crippen LogP contribution in [-0.4, -0.2) is 97.7 Å². The molecule has 5 rings (SSSR count). The number of aromatic hydroxyl groups is 2. The summed E-state index contributed by atoms with van der Waals surface area (Å²) in [6.07, 6.45) is 1.56. The lowest BCUT2D eigenvalue weighted by molar-refractivity contribution is -0.150. The number of carboxylic acid groups (broad SMARTS) is 2. The number of phenols is 2. The van der Waals surface area contributed by atoms with Crippen LogP contribution in [0.4, 0.5) is 5.13 Å². The van der Waals surface area contributed by atoms with Crippen molar-refractivity contribution in [1.82, 2.24) is 24.8 Å². The highest BCUT2D eigenvalue weighted by Crippen LogP contribution is 2.42. The van der Waals surface area contributed by atoms with Gasteiger partial charge in [-0.05, 0) is 35.3 Å². The van der Waals surface area contributed by atoms with Crippen LogP contribution in [0.1, 0.15) is 5.69 Å². The first-order valence-electron chi connectivity index (χ1n) is 12.0. The number of oxime groups is 1. The Morgan fingerprint density at radius 1 is 1.25 bits per heavy atom. The topological polar surface area (TPSA) is 251 Å². The average Bonchev–Trinajstić information content (AvgIpc) is 3.67. The van der Waals surface area contributed by atoms with Crippen molar-refractivity contribution in [2.45, 2.75) is 26.0 Å². The van der Waals surface area contributed by atoms with Gasteiger partial charge in [0, 0.05) is 21.8 Å². The number of rotatable bonds is 12. The van der Waals surface area contributed by atoms with Crippen molar-refractivity contribution in [2.75, 3.05) is 17.2 Å². The molecule has 1 aromatic carbocycles. The molecule has 0 bridgehead atoms. The minimum atomic E-state index is -1.70. The molecule has 3 atom stereocenters. The maximum atomic E-state index is 13.4. The Bertz CT molecular complexity index is 1680. The zero-order valence-electron chi connectivity index (χ0n) is 21.7. The van der Waals surface area contributed by atoms with Gasteiger partial charge in [-0.3, -0.25) is 14.5 Å². The van der Waals surface area contributed by atoms with Gasteiger partial charge in [0.2, 0.25) is 0 Å². The number of nitrogens with one attached hydrogen (secondary N) is 1. The summed E-state index contributed by atoms with van der Waals surface area (Å²) in [6.45, 7) is 0. The summed E-state index contributed by atoms with van der Waals surface area (Å²) in [6, 6.07) is 2.50. The van der Waals surface area contributed by atoms with Crippen LogP contribution in [0.25, 0.3) is 0 Å². The minimum Gasteiger partial charge on any atom is -0.504 e. The van der Waals surface area contributed by atoms with E-state index >= 15 is 0 Å². The largest absolute Gasteiger partial charge is 0.504 e. The number of anilines is 1. The highest BCUT2D eigenvalue weighted by molar-refractivity contribution is 8.02. The summed E-state index contributed by atoms with van der Waals surface area (Å²) in [7, 11) is 0. The van der Waals surface area contributed by atoms with Gasteiger partial charge in [0.25, 0.3) is 17.3 Å². The molecular weight excluding hydrogens is 679 g/mol. The molecule has 2 amide bonds. The molecule has 2 aliphatic rings. The van der Waals surface area contributed by atoms with Crippen LogP contribution >= 0.6 is 58.2 Å². The van der Waals surface area contributed by atoms with Crippen LogP contribution in [0.3, 0.4) is 0 Å². The number of benzene rings is 1. The Balaban J connectivity index is 1.33. The quantitative estimate of drug-likeness (QED) is 0.0391. The van der Waals surface area contributed by atoms with Crippen LogP contribution in [-0.2, 0) is 24.0 Å². The lowest BCUT2D eigenvalue weighted by atomic mass is 10.0. The van der Waals surface area contributed by atoms with Crippen molar-refractivity contribution in [3.05, 3.63) is 46.7 Å². The van der Waals surface area contributed by atoms with E-state index in [1.807, 2.05) is 0 Å². The van der Waals surface area contributed by atoms with E-state index in [1.54, 1.807) is 6.20 Å². The zero-order valence-corrected chi connectivity index (χ0v) is 25.8. The number of thiazole rings is 1. The smallest absolute Gasteiger partial charge is 0.358 e. The van der Waals surface area contributed by atoms with E-state index in [0.29, 0.717) is 28.8 Å². The van der Waals surface area contributed by atoms with E-state index < -0.39 is 57.8 Å². The fourth-order valence-corrected chi connectivity index (χ4v) is 8.12. The molecular formula is C23H19N7O9S5. The number of aliphatic carboxylic acids is 2. The van der Waals surface area contributed by atoms with Gasteiger partial charge in [0.1, 0.15) is 27.0 Å². The third-order valence-electron chi connectivity index (χ3n) is 5.88. The van der Waals surface area contributed by atoms with Gasteiger partial charge in [0.05, 0.1) is 6.20 Å². The number of nitrogen functional groups attached to an aromatic ring is 1. The Kier molecular flexibility index (Phi) is 9.48. The van der Waals surface area contributed by atoms with Crippen molar-refractivity contribution < 1.29 is 44.4 Å². The van der Waals surface area contributed by atoms with E-state index in [4.69, 9.17) is 10.6 Å². The number of hydrogen-bond donors (Lipinski definition) is 6. The number of fused-ring (bicyclic) bond motifs is 1. The predicted octanol–water partition coefficient (Wildman–Crippen LogP) is 1.44. The number of amides is 2. The van der Waals surface area contributed by atoms with Crippen LogP contribution in [0.2, 0.25) is 0 Å². The molecule has 0 aliphatic carbocycles. The molecule has 0 unspecified atom stereocenters. The fraction of sp³-hybridized carbons (Fsp3) is 0.217. The normalized spacial score (nSPS) is 18.8. The summed E-state index contributed by atoms with van der Waals surface area (Å²) < 4.78 is 4.56. The highest BCUT2D eigenvalue weighted by Gasteiger charge is 2.54. The summed E-state index contributed by atoms with van der Waals surface area (Å²) in [4.78, 5) is 61.1. The first-order valence-corrected chi connectivity index (χ1v) is 16.6. The number of nitrogens with two attached hydrogens (primary N) is 1. The maximum absolute atomic E-state index is 13.4. The molecule has 44 heavy (non-hydrogen) atoms. The molecule has 230 valence electrons. The summed E-state index contributed by atoms with van der Waals surface area (Å²) in [5, 5.41) is 49.5. The van der Waals surface area contributed by atoms with E-state index in [0.717, 1.165) is 32.6 Å². The molecule has 21 heteroatoms. The van der Waals surface area contributed by atoms with Crippen molar-refractivity contribution in [3.8, 4) is 11.5 Å². The fourth-order valence-electron chi connectivity index (χ4n) is 3.90. The highest BCUT2D eigenvalue weighted by atomic mass is 32.2. The number of hydrogen-bond acceptors (Lipinski definition) is 17. The van der Waals surface area contributed by atoms with Crippen molar-refractivity contribution in [3.63, 3.8) is 0 Å². The molecule has 16 nitrogen and oxygen atoms in total. The van der Waals surface area contributed by atoms with E-state index in [1.165, 1.54) is 46.5 Å². The number of carbonyl (C=O) groups excluding carboxylic acids is 2. The summed E-state index contributed by atoms with van der Waals surface area (Å²) in [5.74, 6) is -4.64. The second-order valence-electron chi connectivity index (χ2n) is 8.70. The van der Waals surface area contributed by atoms with Gasteiger partial charge in [0.15, 0.2) is 22.3 Å². The number of nitrogens with zero attached hydrogens (tertiary/aromatic N) is 5. The SMILES string of the molecule is Nc1nc(/C(=N/O[C@H](Sc2ccc(O)c(O)c2)C(=O)O)C(=O)N[C@@H]2C(=O)N3C(C(=O)O)=C(CSc4cnns4)CS[C@@H]23)cs1. The van der Waals surface area contributed by atoms with Gasteiger partial charge in [-0.2, -0.15) is 0 Å². The molecule has 1 saturated heterocycles. The Morgan fingerprint density at radius 2 is 2.05 bits per heavy atom. The van der Waals surface area contributed by atoms with Gasteiger partial charge >= 0.3 is 11.9 Å². The van der Waals surface area contributed by atoms with E-state index in [-0.39, 0.29) is 21.4 Å². The molecule has 3 aromatic rings. The van der Waals surface area contributed by atoms with Crippen LogP contribution < -0.4 is 11.1 Å². The monoisotopic (exact) mass is 697 g/mol. The molecule has 7 N–H and O–H groups in total. The third kappa shape index (κ3) is 6.70. The van der Waals surface area contributed by atoms with E-state index in [2.05, 4.69) is 25.0 Å². The number of carbonyl (C=O) groups is 4. The lowest BCUT2D eigenvalue weighted by Gasteiger charge is -2.49. The number of carboxylic acids is 2. The number of phenolic OH excluding ortho intramolecular Hbond substituents is 2. The van der Waals surface area contributed by atoms with Gasteiger partial charge in [-0.1, -0.05) is 21.4 Å². The Labute approximate surface area is 267 Å². The predicted molar refractivity (Wildman–Crippen MR) is 162 cm³/mol. The molecule has 2 aromatic heterocycles. The Hall–Kier alpha value is -4.05. The van der Waals surface area contributed by atoms with Gasteiger partial charge in [-0.25, -0.2) is 14.6 Å². The summed E-state index contributed by atoms with van der Waals surface area (Å²) >= 11 is 5.38. The zero-order chi connectivity index (χ0) is 31.5. The first kappa shape index (κ1) is 31.4. The molecule has 0 radical (unpaired) electrons. The van der Waals surface area contributed by atoms with E-state index in [9.17, 15) is 39.6 Å². The van der Waals surface area contributed by atoms with Crippen molar-refractivity contribution in [1.29, 1.82) is 0 Å². The van der Waals surface area contributed by atoms with Crippen LogP contribution in [0.5, 0.6) is 11.5 Å². The maximum Gasteiger partial charge on any atom is 0.358 e. The number of β-lactam (4-membered cyclic amide) rings is 1. The average molecular weight is 698 g/mol.